The number of pyridine rings is 2. The molecule has 0 amide bonds. The molecule has 3 aromatic rings. The summed E-state index contributed by atoms with van der Waals surface area (Å²) in [4.78, 5) is 11.2. The summed E-state index contributed by atoms with van der Waals surface area (Å²) in [6, 6.07) is 15.7. The van der Waals surface area contributed by atoms with E-state index < -0.39 is 11.0 Å². The number of halogens is 1. The number of methoxy groups -OCH3 is 1. The van der Waals surface area contributed by atoms with Gasteiger partial charge in [0.15, 0.2) is 0 Å². The third kappa shape index (κ3) is 4.53. The zero-order valence-electron chi connectivity index (χ0n) is 20.3. The number of fused-ring (bicyclic) bond motifs is 2. The van der Waals surface area contributed by atoms with Crippen LogP contribution in [-0.2, 0) is 17.6 Å². The highest BCUT2D eigenvalue weighted by molar-refractivity contribution is 6.30. The first-order valence-corrected chi connectivity index (χ1v) is 12.6. The van der Waals surface area contributed by atoms with Gasteiger partial charge in [0, 0.05) is 36.6 Å². The van der Waals surface area contributed by atoms with E-state index in [1.165, 1.54) is 0 Å². The third-order valence-corrected chi connectivity index (χ3v) is 7.69. The van der Waals surface area contributed by atoms with Crippen LogP contribution in [0.2, 0.25) is 5.02 Å². The molecule has 1 atom stereocenters. The second-order valence-corrected chi connectivity index (χ2v) is 9.94. The van der Waals surface area contributed by atoms with E-state index >= 15 is 0 Å². The highest BCUT2D eigenvalue weighted by Gasteiger charge is 2.42. The number of likely N-dealkylation sites (tertiary alicyclic amines) is 1. The summed E-state index contributed by atoms with van der Waals surface area (Å²) in [5.41, 5.74) is 1.33. The summed E-state index contributed by atoms with van der Waals surface area (Å²) in [6.07, 6.45) is 5.95. The van der Waals surface area contributed by atoms with Crippen LogP contribution in [-0.4, -0.2) is 46.7 Å². The minimum absolute atomic E-state index is 0.322. The monoisotopic (exact) mass is 504 g/mol. The van der Waals surface area contributed by atoms with Crippen molar-refractivity contribution in [1.82, 2.24) is 14.9 Å². The molecule has 5 rings (SSSR count). The molecule has 1 saturated heterocycles. The average molecular weight is 505 g/mol. The fraction of sp³-hybridized carbons (Fsp3) is 0.393. The molecule has 0 spiro atoms. The van der Waals surface area contributed by atoms with Crippen molar-refractivity contribution in [2.45, 2.75) is 43.3 Å². The van der Waals surface area contributed by atoms with E-state index in [4.69, 9.17) is 21.1 Å². The van der Waals surface area contributed by atoms with Crippen LogP contribution in [0.25, 0.3) is 0 Å². The van der Waals surface area contributed by atoms with Crippen molar-refractivity contribution >= 4 is 11.6 Å². The maximum Gasteiger partial charge on any atom is 0.131 e. The molecule has 1 unspecified atom stereocenters. The van der Waals surface area contributed by atoms with Gasteiger partial charge in [0.25, 0.3) is 0 Å². The summed E-state index contributed by atoms with van der Waals surface area (Å²) in [7, 11) is 1.62. The number of hydrogen-bond acceptors (Lipinski definition) is 7. The van der Waals surface area contributed by atoms with E-state index in [9.17, 15) is 10.4 Å². The van der Waals surface area contributed by atoms with Crippen LogP contribution in [0.4, 0.5) is 0 Å². The minimum Gasteiger partial charge on any atom is -0.497 e. The van der Waals surface area contributed by atoms with E-state index in [1.807, 2.05) is 30.3 Å². The van der Waals surface area contributed by atoms with Crippen LogP contribution in [0, 0.1) is 11.3 Å². The Bertz CT molecular complexity index is 1270. The molecule has 1 aromatic carbocycles. The van der Waals surface area contributed by atoms with Crippen molar-refractivity contribution in [3.63, 3.8) is 0 Å². The first kappa shape index (κ1) is 24.5. The van der Waals surface area contributed by atoms with Crippen molar-refractivity contribution < 1.29 is 14.6 Å². The lowest BCUT2D eigenvalue weighted by atomic mass is 9.71. The average Bonchev–Trinajstić information content (AvgIpc) is 3.05. The molecule has 2 aliphatic heterocycles. The van der Waals surface area contributed by atoms with Crippen LogP contribution in [0.3, 0.4) is 0 Å². The first-order valence-electron chi connectivity index (χ1n) is 12.2. The van der Waals surface area contributed by atoms with Gasteiger partial charge in [-0.1, -0.05) is 17.7 Å². The standard InChI is InChI=1S/C28H29ClN4O3/c1-35-21-6-7-25-23(16-21)27(19-30,22-4-2-12-31-24(22)18-36-25)9-3-13-33-14-10-28(34,11-15-33)26-8-5-20(29)17-32-26/h2,4-8,12,16-17,34H,3,9-11,13-15,18H2,1H3. The zero-order valence-corrected chi connectivity index (χ0v) is 21.0. The van der Waals surface area contributed by atoms with E-state index in [0.717, 1.165) is 42.9 Å². The molecule has 36 heavy (non-hydrogen) atoms. The Hall–Kier alpha value is -3.18. The lowest BCUT2D eigenvalue weighted by Gasteiger charge is -2.38. The van der Waals surface area contributed by atoms with Crippen LogP contribution in [0.5, 0.6) is 11.5 Å². The van der Waals surface area contributed by atoms with Crippen LogP contribution in [0.15, 0.2) is 54.9 Å². The SMILES string of the molecule is COc1ccc2c(c1)C(C#N)(CCCN1CCC(O)(c3ccc(Cl)cn3)CC1)c1cccnc1CO2. The molecular weight excluding hydrogens is 476 g/mol. The quantitative estimate of drug-likeness (QED) is 0.524. The van der Waals surface area contributed by atoms with Crippen molar-refractivity contribution in [2.24, 2.45) is 0 Å². The number of hydrogen-bond donors (Lipinski definition) is 1. The Labute approximate surface area is 216 Å². The smallest absolute Gasteiger partial charge is 0.131 e. The number of ether oxygens (including phenoxy) is 2. The van der Waals surface area contributed by atoms with Gasteiger partial charge in [-0.15, -0.1) is 0 Å². The van der Waals surface area contributed by atoms with Gasteiger partial charge in [-0.25, -0.2) is 0 Å². The first-order chi connectivity index (χ1) is 17.5. The number of nitriles is 1. The number of piperidine rings is 1. The molecule has 1 fully saturated rings. The fourth-order valence-corrected chi connectivity index (χ4v) is 5.51. The Morgan fingerprint density at radius 3 is 2.72 bits per heavy atom. The summed E-state index contributed by atoms with van der Waals surface area (Å²) in [5, 5.41) is 22.3. The van der Waals surface area contributed by atoms with E-state index in [-0.39, 0.29) is 0 Å². The van der Waals surface area contributed by atoms with Crippen LogP contribution < -0.4 is 9.47 Å². The molecule has 0 radical (unpaired) electrons. The number of aliphatic hydroxyl groups is 1. The third-order valence-electron chi connectivity index (χ3n) is 7.47. The number of aromatic nitrogens is 2. The summed E-state index contributed by atoms with van der Waals surface area (Å²) in [5.74, 6) is 1.38. The lowest BCUT2D eigenvalue weighted by Crippen LogP contribution is -2.43. The Morgan fingerprint density at radius 1 is 1.17 bits per heavy atom. The van der Waals surface area contributed by atoms with Gasteiger partial charge in [0.1, 0.15) is 29.1 Å². The van der Waals surface area contributed by atoms with Gasteiger partial charge < -0.3 is 19.5 Å². The molecule has 2 aromatic heterocycles. The van der Waals surface area contributed by atoms with Gasteiger partial charge in [0.05, 0.1) is 29.6 Å². The van der Waals surface area contributed by atoms with E-state index in [0.29, 0.717) is 48.1 Å². The molecule has 4 heterocycles. The van der Waals surface area contributed by atoms with Crippen molar-refractivity contribution in [2.75, 3.05) is 26.7 Å². The maximum atomic E-state index is 11.2. The molecule has 7 nitrogen and oxygen atoms in total. The Morgan fingerprint density at radius 2 is 2.00 bits per heavy atom. The summed E-state index contributed by atoms with van der Waals surface area (Å²) >= 11 is 5.96. The predicted molar refractivity (Wildman–Crippen MR) is 136 cm³/mol. The molecular formula is C28H29ClN4O3. The number of nitrogens with zero attached hydrogens (tertiary/aromatic N) is 4. The maximum absolute atomic E-state index is 11.2. The Kier molecular flexibility index (Phi) is 6.85. The molecule has 1 N–H and O–H groups in total. The van der Waals surface area contributed by atoms with Crippen molar-refractivity contribution in [1.29, 1.82) is 5.26 Å². The van der Waals surface area contributed by atoms with Gasteiger partial charge >= 0.3 is 0 Å². The van der Waals surface area contributed by atoms with Gasteiger partial charge in [-0.2, -0.15) is 5.26 Å². The number of rotatable bonds is 6. The van der Waals surface area contributed by atoms with Crippen LogP contribution >= 0.6 is 11.6 Å². The van der Waals surface area contributed by atoms with Gasteiger partial charge in [-0.05, 0) is 68.6 Å². The molecule has 186 valence electrons. The fourth-order valence-electron chi connectivity index (χ4n) is 5.40. The second-order valence-electron chi connectivity index (χ2n) is 9.50. The highest BCUT2D eigenvalue weighted by Crippen LogP contribution is 2.46. The van der Waals surface area contributed by atoms with Crippen LogP contribution in [0.1, 0.15) is 48.2 Å². The molecule has 2 aliphatic rings. The highest BCUT2D eigenvalue weighted by atomic mass is 35.5. The molecule has 8 heteroatoms. The summed E-state index contributed by atoms with van der Waals surface area (Å²) < 4.78 is 11.6. The van der Waals surface area contributed by atoms with Crippen molar-refractivity contribution in [3.8, 4) is 17.6 Å². The van der Waals surface area contributed by atoms with Crippen molar-refractivity contribution in [3.05, 3.63) is 82.4 Å². The normalized spacial score (nSPS) is 20.8. The lowest BCUT2D eigenvalue weighted by molar-refractivity contribution is -0.0295. The minimum atomic E-state index is -0.937. The van der Waals surface area contributed by atoms with Gasteiger partial charge in [0.2, 0.25) is 0 Å². The number of benzene rings is 1. The topological polar surface area (TPSA) is 91.5 Å². The largest absolute Gasteiger partial charge is 0.497 e. The predicted octanol–water partition coefficient (Wildman–Crippen LogP) is 4.60. The zero-order chi connectivity index (χ0) is 25.2. The second kappa shape index (κ2) is 10.1. The molecule has 0 aliphatic carbocycles. The summed E-state index contributed by atoms with van der Waals surface area (Å²) in [6.45, 7) is 2.66. The Balaban J connectivity index is 1.33. The van der Waals surface area contributed by atoms with E-state index in [2.05, 4.69) is 20.9 Å². The molecule has 0 bridgehead atoms. The molecule has 0 saturated carbocycles. The van der Waals surface area contributed by atoms with Gasteiger partial charge in [-0.3, -0.25) is 9.97 Å². The van der Waals surface area contributed by atoms with E-state index in [1.54, 1.807) is 31.6 Å².